The fourth-order valence-corrected chi connectivity index (χ4v) is 5.24. The summed E-state index contributed by atoms with van der Waals surface area (Å²) in [6.45, 7) is 2.67. The monoisotopic (exact) mass is 564 g/mol. The van der Waals surface area contributed by atoms with Crippen LogP contribution in [0, 0.1) is 0 Å². The van der Waals surface area contributed by atoms with E-state index >= 15 is 0 Å². The Morgan fingerprint density at radius 3 is 2.44 bits per heavy atom. The molecule has 5 rings (SSSR count). The molecule has 1 atom stereocenters. The number of anilines is 1. The molecule has 4 amide bonds. The highest BCUT2D eigenvalue weighted by molar-refractivity contribution is 6.35. The van der Waals surface area contributed by atoms with E-state index in [4.69, 9.17) is 27.9 Å². The minimum absolute atomic E-state index is 0.0917. The largest absolute Gasteiger partial charge is 0.457 e. The molecule has 10 heteroatoms. The summed E-state index contributed by atoms with van der Waals surface area (Å²) < 4.78 is 5.78. The van der Waals surface area contributed by atoms with Crippen LogP contribution in [0.2, 0.25) is 10.0 Å². The second kappa shape index (κ2) is 11.4. The summed E-state index contributed by atoms with van der Waals surface area (Å²) in [4.78, 5) is 42.2. The van der Waals surface area contributed by atoms with Crippen molar-refractivity contribution in [3.05, 3.63) is 99.7 Å². The molecule has 0 saturated carbocycles. The van der Waals surface area contributed by atoms with Crippen LogP contribution in [-0.4, -0.2) is 47.3 Å². The zero-order valence-electron chi connectivity index (χ0n) is 21.1. The molecular weight excluding hydrogens is 539 g/mol. The van der Waals surface area contributed by atoms with E-state index < -0.39 is 6.04 Å². The smallest absolute Gasteiger partial charge is 0.322 e. The highest BCUT2D eigenvalue weighted by Crippen LogP contribution is 2.39. The number of likely N-dealkylation sites (N-methyl/N-ethyl adjacent to an activating group) is 1. The molecule has 39 heavy (non-hydrogen) atoms. The Bertz CT molecular complexity index is 1440. The van der Waals surface area contributed by atoms with Gasteiger partial charge in [0.15, 0.2) is 0 Å². The number of para-hydroxylation sites is 1. The van der Waals surface area contributed by atoms with Crippen LogP contribution in [0.25, 0.3) is 0 Å². The van der Waals surface area contributed by atoms with Gasteiger partial charge in [-0.3, -0.25) is 14.5 Å². The van der Waals surface area contributed by atoms with E-state index in [1.807, 2.05) is 37.3 Å². The highest BCUT2D eigenvalue weighted by Gasteiger charge is 2.44. The predicted molar refractivity (Wildman–Crippen MR) is 150 cm³/mol. The number of hydrogen-bond acceptors (Lipinski definition) is 4. The molecule has 0 saturated heterocycles. The van der Waals surface area contributed by atoms with E-state index in [9.17, 15) is 14.4 Å². The lowest BCUT2D eigenvalue weighted by Gasteiger charge is -2.33. The van der Waals surface area contributed by atoms with Crippen LogP contribution in [0.1, 0.15) is 24.9 Å². The number of hydrogen-bond donors (Lipinski definition) is 2. The third-order valence-electron chi connectivity index (χ3n) is 6.61. The molecule has 0 aliphatic carbocycles. The Labute approximate surface area is 236 Å². The zero-order chi connectivity index (χ0) is 27.5. The normalized spacial score (nSPS) is 16.7. The van der Waals surface area contributed by atoms with E-state index in [-0.39, 0.29) is 37.4 Å². The van der Waals surface area contributed by atoms with Crippen molar-refractivity contribution in [2.24, 2.45) is 0 Å². The second-order valence-electron chi connectivity index (χ2n) is 9.12. The quantitative estimate of drug-likeness (QED) is 0.351. The van der Waals surface area contributed by atoms with Crippen LogP contribution in [0.4, 0.5) is 10.5 Å². The van der Waals surface area contributed by atoms with Gasteiger partial charge in [-0.05, 0) is 61.0 Å². The zero-order valence-corrected chi connectivity index (χ0v) is 22.6. The number of carbonyl (C=O) groups excluding carboxylic acids is 3. The number of amides is 4. The summed E-state index contributed by atoms with van der Waals surface area (Å²) >= 11 is 12.5. The molecule has 0 fully saturated rings. The third-order valence-corrected chi connectivity index (χ3v) is 7.17. The lowest BCUT2D eigenvalue weighted by molar-refractivity contribution is -0.126. The van der Waals surface area contributed by atoms with Gasteiger partial charge in [-0.2, -0.15) is 0 Å². The first-order valence-electron chi connectivity index (χ1n) is 12.5. The maximum absolute atomic E-state index is 13.5. The predicted octanol–water partition coefficient (Wildman–Crippen LogP) is 6.00. The van der Waals surface area contributed by atoms with E-state index in [0.29, 0.717) is 44.9 Å². The summed E-state index contributed by atoms with van der Waals surface area (Å²) in [5, 5.41) is 6.57. The van der Waals surface area contributed by atoms with Gasteiger partial charge in [0.25, 0.3) is 5.91 Å². The summed E-state index contributed by atoms with van der Waals surface area (Å²) in [5.41, 5.74) is 2.28. The first-order chi connectivity index (χ1) is 18.8. The van der Waals surface area contributed by atoms with Crippen molar-refractivity contribution in [2.45, 2.75) is 19.4 Å². The van der Waals surface area contributed by atoms with Crippen LogP contribution in [0.15, 0.2) is 84.1 Å². The number of nitrogens with zero attached hydrogens (tertiary/aromatic N) is 2. The van der Waals surface area contributed by atoms with Crippen LogP contribution in [0.3, 0.4) is 0 Å². The van der Waals surface area contributed by atoms with E-state index in [1.54, 1.807) is 52.3 Å². The first-order valence-corrected chi connectivity index (χ1v) is 13.3. The van der Waals surface area contributed by atoms with Gasteiger partial charge < -0.3 is 20.3 Å². The Morgan fingerprint density at radius 1 is 1.03 bits per heavy atom. The molecule has 2 aliphatic heterocycles. The van der Waals surface area contributed by atoms with Crippen molar-refractivity contribution in [3.8, 4) is 11.5 Å². The molecule has 1 unspecified atom stereocenters. The van der Waals surface area contributed by atoms with E-state index in [1.165, 1.54) is 0 Å². The lowest BCUT2D eigenvalue weighted by atomic mass is 9.95. The minimum Gasteiger partial charge on any atom is -0.457 e. The molecule has 0 spiro atoms. The molecule has 8 nitrogen and oxygen atoms in total. The first kappa shape index (κ1) is 26.6. The van der Waals surface area contributed by atoms with Crippen molar-refractivity contribution in [1.82, 2.24) is 15.1 Å². The lowest BCUT2D eigenvalue weighted by Crippen LogP contribution is -2.47. The van der Waals surface area contributed by atoms with Crippen molar-refractivity contribution < 1.29 is 19.1 Å². The molecule has 200 valence electrons. The number of ether oxygens (including phenoxy) is 1. The Morgan fingerprint density at radius 2 is 1.74 bits per heavy atom. The third kappa shape index (κ3) is 5.72. The van der Waals surface area contributed by atoms with Gasteiger partial charge in [-0.15, -0.1) is 0 Å². The standard InChI is InChI=1S/C29H26Cl2N4O4/c1-2-35-24-17-34(28(37)26(24)27(33-29(35)38)22-13-8-18(30)16-23(22)31)15-14-25(36)32-19-9-11-21(12-10-19)39-20-6-4-3-5-7-20/h3-13,16,27H,2,14-15,17H2,1H3,(H,32,36)(H,33,38). The highest BCUT2D eigenvalue weighted by atomic mass is 35.5. The number of nitrogens with one attached hydrogen (secondary N) is 2. The molecule has 3 aromatic rings. The van der Waals surface area contributed by atoms with Gasteiger partial charge in [0.2, 0.25) is 5.91 Å². The summed E-state index contributed by atoms with van der Waals surface area (Å²) in [7, 11) is 0. The summed E-state index contributed by atoms with van der Waals surface area (Å²) in [5.74, 6) is 0.899. The Balaban J connectivity index is 1.23. The van der Waals surface area contributed by atoms with E-state index in [0.717, 1.165) is 5.75 Å². The molecule has 0 aromatic heterocycles. The van der Waals surface area contributed by atoms with Gasteiger partial charge in [0.05, 0.1) is 23.9 Å². The molecule has 2 aliphatic rings. The van der Waals surface area contributed by atoms with Crippen molar-refractivity contribution in [1.29, 1.82) is 0 Å². The average Bonchev–Trinajstić information content (AvgIpc) is 3.25. The van der Waals surface area contributed by atoms with Crippen LogP contribution in [-0.2, 0) is 9.59 Å². The fourth-order valence-electron chi connectivity index (χ4n) is 4.72. The molecule has 2 heterocycles. The summed E-state index contributed by atoms with van der Waals surface area (Å²) in [6, 6.07) is 20.4. The van der Waals surface area contributed by atoms with Crippen LogP contribution in [0.5, 0.6) is 11.5 Å². The van der Waals surface area contributed by atoms with Crippen molar-refractivity contribution in [3.63, 3.8) is 0 Å². The van der Waals surface area contributed by atoms with Gasteiger partial charge in [0.1, 0.15) is 11.5 Å². The second-order valence-corrected chi connectivity index (χ2v) is 9.96. The fraction of sp³-hybridized carbons (Fsp3) is 0.207. The van der Waals surface area contributed by atoms with Gasteiger partial charge >= 0.3 is 6.03 Å². The van der Waals surface area contributed by atoms with Gasteiger partial charge in [-0.25, -0.2) is 4.79 Å². The topological polar surface area (TPSA) is 91.0 Å². The molecule has 0 radical (unpaired) electrons. The maximum atomic E-state index is 13.5. The van der Waals surface area contributed by atoms with Crippen molar-refractivity contribution >= 4 is 46.7 Å². The Kier molecular flexibility index (Phi) is 7.77. The van der Waals surface area contributed by atoms with Gasteiger partial charge in [0, 0.05) is 35.2 Å². The van der Waals surface area contributed by atoms with Crippen LogP contribution >= 0.6 is 23.2 Å². The Hall–Kier alpha value is -4.01. The average molecular weight is 565 g/mol. The minimum atomic E-state index is -0.706. The number of halogens is 2. The summed E-state index contributed by atoms with van der Waals surface area (Å²) in [6.07, 6.45) is 0.0917. The number of urea groups is 1. The SMILES string of the molecule is CCN1C(=O)NC(c2ccc(Cl)cc2Cl)C2=C1CN(CCC(=O)Nc1ccc(Oc3ccccc3)cc1)C2=O. The maximum Gasteiger partial charge on any atom is 0.322 e. The van der Waals surface area contributed by atoms with E-state index in [2.05, 4.69) is 10.6 Å². The molecule has 0 bridgehead atoms. The molecule has 3 aromatic carbocycles. The number of carbonyl (C=O) groups is 3. The van der Waals surface area contributed by atoms with Crippen molar-refractivity contribution in [2.75, 3.05) is 25.0 Å². The number of benzene rings is 3. The molecule has 2 N–H and O–H groups in total. The molecular formula is C29H26Cl2N4O4. The van der Waals surface area contributed by atoms with Gasteiger partial charge in [-0.1, -0.05) is 47.5 Å². The number of rotatable bonds is 8. The van der Waals surface area contributed by atoms with Crippen LogP contribution < -0.4 is 15.4 Å².